The Balaban J connectivity index is 1.55. The van der Waals surface area contributed by atoms with E-state index >= 15 is 0 Å². The molecule has 1 N–H and O–H groups in total. The molecule has 3 rings (SSSR count). The van der Waals surface area contributed by atoms with E-state index in [2.05, 4.69) is 29.4 Å². The molecule has 1 amide bonds. The van der Waals surface area contributed by atoms with Crippen molar-refractivity contribution in [3.63, 3.8) is 0 Å². The molecule has 0 saturated heterocycles. The fraction of sp³-hybridized carbons (Fsp3) is 0.250. The number of amides is 1. The summed E-state index contributed by atoms with van der Waals surface area (Å²) in [6.45, 7) is 4.32. The maximum absolute atomic E-state index is 13.7. The molecule has 1 aromatic heterocycles. The molecule has 0 aliphatic heterocycles. The van der Waals surface area contributed by atoms with Gasteiger partial charge in [0, 0.05) is 5.69 Å². The van der Waals surface area contributed by atoms with Crippen molar-refractivity contribution >= 4 is 23.4 Å². The fourth-order valence-corrected chi connectivity index (χ4v) is 3.03. The molecule has 7 heteroatoms. The fourth-order valence-electron chi connectivity index (χ4n) is 2.47. The number of nitrogens with one attached hydrogen (secondary N) is 1. The molecule has 0 bridgehead atoms. The van der Waals surface area contributed by atoms with Crippen LogP contribution in [0.2, 0.25) is 0 Å². The van der Waals surface area contributed by atoms with Gasteiger partial charge in [0.1, 0.15) is 5.82 Å². The number of anilines is 1. The van der Waals surface area contributed by atoms with E-state index in [1.165, 1.54) is 11.6 Å². The first kappa shape index (κ1) is 19.1. The average molecular weight is 385 g/mol. The molecule has 27 heavy (non-hydrogen) atoms. The lowest BCUT2D eigenvalue weighted by molar-refractivity contribution is -0.113. The second-order valence-electron chi connectivity index (χ2n) is 6.12. The summed E-state index contributed by atoms with van der Waals surface area (Å²) in [5.41, 5.74) is 2.23. The van der Waals surface area contributed by atoms with Gasteiger partial charge in [0.2, 0.25) is 5.91 Å². The van der Waals surface area contributed by atoms with Gasteiger partial charge in [0.05, 0.1) is 11.3 Å². The highest BCUT2D eigenvalue weighted by Gasteiger charge is 2.14. The van der Waals surface area contributed by atoms with E-state index in [9.17, 15) is 9.18 Å². The van der Waals surface area contributed by atoms with Crippen molar-refractivity contribution in [1.29, 1.82) is 0 Å². The van der Waals surface area contributed by atoms with Gasteiger partial charge >= 0.3 is 0 Å². The van der Waals surface area contributed by atoms with E-state index in [4.69, 9.17) is 4.42 Å². The number of rotatable bonds is 7. The standard InChI is InChI=1S/C20H20FN3O2S/c1-3-13(2)14-8-10-15(11-9-14)22-18(25)12-27-20-24-23-19(26-20)16-6-4-5-7-17(16)21/h4-11,13H,3,12H2,1-2H3,(H,22,25)/t13-/m0/s1. The molecule has 1 heterocycles. The van der Waals surface area contributed by atoms with E-state index in [0.717, 1.165) is 23.9 Å². The van der Waals surface area contributed by atoms with E-state index in [0.29, 0.717) is 5.92 Å². The van der Waals surface area contributed by atoms with Crippen LogP contribution in [0.3, 0.4) is 0 Å². The summed E-state index contributed by atoms with van der Waals surface area (Å²) in [5, 5.41) is 10.7. The Labute approximate surface area is 161 Å². The van der Waals surface area contributed by atoms with Crippen LogP contribution in [0.25, 0.3) is 11.5 Å². The summed E-state index contributed by atoms with van der Waals surface area (Å²) in [7, 11) is 0. The Morgan fingerprint density at radius 2 is 1.93 bits per heavy atom. The number of halogens is 1. The molecule has 3 aromatic rings. The minimum atomic E-state index is -0.434. The van der Waals surface area contributed by atoms with Gasteiger partial charge in [-0.3, -0.25) is 4.79 Å². The van der Waals surface area contributed by atoms with E-state index in [-0.39, 0.29) is 28.3 Å². The van der Waals surface area contributed by atoms with Crippen molar-refractivity contribution < 1.29 is 13.6 Å². The minimum Gasteiger partial charge on any atom is -0.411 e. The number of carbonyl (C=O) groups is 1. The van der Waals surface area contributed by atoms with Crippen LogP contribution in [0.4, 0.5) is 10.1 Å². The minimum absolute atomic E-state index is 0.0941. The van der Waals surface area contributed by atoms with Crippen molar-refractivity contribution in [2.75, 3.05) is 11.1 Å². The number of hydrogen-bond donors (Lipinski definition) is 1. The van der Waals surface area contributed by atoms with Gasteiger partial charge in [-0.05, 0) is 42.2 Å². The highest BCUT2D eigenvalue weighted by molar-refractivity contribution is 7.99. The number of aromatic nitrogens is 2. The summed E-state index contributed by atoms with van der Waals surface area (Å²) in [4.78, 5) is 12.1. The number of hydrogen-bond acceptors (Lipinski definition) is 5. The first-order valence-electron chi connectivity index (χ1n) is 8.68. The van der Waals surface area contributed by atoms with Gasteiger partial charge in [-0.2, -0.15) is 0 Å². The molecule has 0 unspecified atom stereocenters. The van der Waals surface area contributed by atoms with Crippen molar-refractivity contribution in [3.8, 4) is 11.5 Å². The summed E-state index contributed by atoms with van der Waals surface area (Å²) in [5.74, 6) is 0.0905. The SMILES string of the molecule is CC[C@H](C)c1ccc(NC(=O)CSc2nnc(-c3ccccc3F)o2)cc1. The third-order valence-corrected chi connectivity index (χ3v) is 5.03. The molecule has 140 valence electrons. The zero-order valence-electron chi connectivity index (χ0n) is 15.1. The average Bonchev–Trinajstić information content (AvgIpc) is 3.15. The number of nitrogens with zero attached hydrogens (tertiary/aromatic N) is 2. The van der Waals surface area contributed by atoms with Crippen LogP contribution in [0, 0.1) is 5.82 Å². The first-order chi connectivity index (χ1) is 13.1. The maximum Gasteiger partial charge on any atom is 0.277 e. The summed E-state index contributed by atoms with van der Waals surface area (Å²) in [6.07, 6.45) is 1.07. The Morgan fingerprint density at radius 1 is 1.19 bits per heavy atom. The normalized spacial score (nSPS) is 12.0. The van der Waals surface area contributed by atoms with E-state index < -0.39 is 5.82 Å². The van der Waals surface area contributed by atoms with Crippen molar-refractivity contribution in [3.05, 3.63) is 59.9 Å². The molecule has 0 spiro atoms. The molecular weight excluding hydrogens is 365 g/mol. The van der Waals surface area contributed by atoms with Crippen LogP contribution in [0.5, 0.6) is 0 Å². The van der Waals surface area contributed by atoms with Gasteiger partial charge in [0.15, 0.2) is 0 Å². The predicted octanol–water partition coefficient (Wildman–Crippen LogP) is 5.12. The second kappa shape index (κ2) is 8.81. The van der Waals surface area contributed by atoms with Gasteiger partial charge in [0.25, 0.3) is 11.1 Å². The summed E-state index contributed by atoms with van der Waals surface area (Å²) < 4.78 is 19.2. The molecule has 5 nitrogen and oxygen atoms in total. The molecule has 0 radical (unpaired) electrons. The molecular formula is C20H20FN3O2S. The number of benzene rings is 2. The summed E-state index contributed by atoms with van der Waals surface area (Å²) in [6, 6.07) is 14.0. The van der Waals surface area contributed by atoms with Gasteiger partial charge in [-0.15, -0.1) is 10.2 Å². The Bertz CT molecular complexity index is 912. The monoisotopic (exact) mass is 385 g/mol. The van der Waals surface area contributed by atoms with Crippen LogP contribution in [0.1, 0.15) is 31.7 Å². The predicted molar refractivity (Wildman–Crippen MR) is 104 cm³/mol. The van der Waals surface area contributed by atoms with Crippen LogP contribution in [-0.2, 0) is 4.79 Å². The van der Waals surface area contributed by atoms with Gasteiger partial charge < -0.3 is 9.73 Å². The van der Waals surface area contributed by atoms with Crippen molar-refractivity contribution in [1.82, 2.24) is 10.2 Å². The topological polar surface area (TPSA) is 68.0 Å². The maximum atomic E-state index is 13.7. The van der Waals surface area contributed by atoms with Crippen molar-refractivity contribution in [2.45, 2.75) is 31.4 Å². The first-order valence-corrected chi connectivity index (χ1v) is 9.66. The Hall–Kier alpha value is -2.67. The number of carbonyl (C=O) groups excluding carboxylic acids is 1. The Morgan fingerprint density at radius 3 is 2.63 bits per heavy atom. The molecule has 1 atom stereocenters. The molecule has 0 saturated carbocycles. The van der Waals surface area contributed by atoms with E-state index in [1.54, 1.807) is 18.2 Å². The lowest BCUT2D eigenvalue weighted by Crippen LogP contribution is -2.14. The lowest BCUT2D eigenvalue weighted by Gasteiger charge is -2.10. The lowest BCUT2D eigenvalue weighted by atomic mass is 9.99. The molecule has 0 aliphatic rings. The zero-order chi connectivity index (χ0) is 19.2. The van der Waals surface area contributed by atoms with Gasteiger partial charge in [-0.1, -0.05) is 49.9 Å². The summed E-state index contributed by atoms with van der Waals surface area (Å²) >= 11 is 1.11. The molecule has 2 aromatic carbocycles. The largest absolute Gasteiger partial charge is 0.411 e. The van der Waals surface area contributed by atoms with Gasteiger partial charge in [-0.25, -0.2) is 4.39 Å². The van der Waals surface area contributed by atoms with Crippen LogP contribution in [-0.4, -0.2) is 21.9 Å². The molecule has 0 fully saturated rings. The third-order valence-electron chi connectivity index (χ3n) is 4.21. The van der Waals surface area contributed by atoms with E-state index in [1.807, 2.05) is 24.3 Å². The highest BCUT2D eigenvalue weighted by Crippen LogP contribution is 2.25. The second-order valence-corrected chi connectivity index (χ2v) is 7.05. The zero-order valence-corrected chi connectivity index (χ0v) is 15.9. The highest BCUT2D eigenvalue weighted by atomic mass is 32.2. The van der Waals surface area contributed by atoms with Crippen molar-refractivity contribution in [2.24, 2.45) is 0 Å². The Kier molecular flexibility index (Phi) is 6.24. The third kappa shape index (κ3) is 4.95. The molecule has 0 aliphatic carbocycles. The van der Waals surface area contributed by atoms with Crippen LogP contribution >= 0.6 is 11.8 Å². The van der Waals surface area contributed by atoms with Crippen LogP contribution in [0.15, 0.2) is 58.2 Å². The number of thioether (sulfide) groups is 1. The van der Waals surface area contributed by atoms with Crippen LogP contribution < -0.4 is 5.32 Å². The smallest absolute Gasteiger partial charge is 0.277 e. The quantitative estimate of drug-likeness (QED) is 0.572.